The smallest absolute Gasteiger partial charge is 0.313 e. The standard InChI is InChI=1S/C23H29N3O4S/c1-15-10-11-17(3)21(13-15)31(29,30)26-12-6-8-19(26)14-24-22(27)23(28)25-20-9-5-7-16(2)18(20)4/h5,7,9-11,13,19H,6,8,12,14H2,1-4H3,(H,24,27)(H,25,28)/t19-/m1/s1. The molecule has 1 aliphatic rings. The van der Waals surface area contributed by atoms with Crippen LogP contribution in [0.3, 0.4) is 0 Å². The molecule has 3 rings (SSSR count). The van der Waals surface area contributed by atoms with Gasteiger partial charge >= 0.3 is 11.8 Å². The molecule has 0 saturated carbocycles. The van der Waals surface area contributed by atoms with Gasteiger partial charge in [0.05, 0.1) is 4.90 Å². The molecule has 31 heavy (non-hydrogen) atoms. The molecular formula is C23H29N3O4S. The minimum absolute atomic E-state index is 0.0865. The second kappa shape index (κ2) is 9.20. The van der Waals surface area contributed by atoms with Gasteiger partial charge in [0.2, 0.25) is 10.0 Å². The molecule has 0 unspecified atom stereocenters. The summed E-state index contributed by atoms with van der Waals surface area (Å²) >= 11 is 0. The van der Waals surface area contributed by atoms with E-state index < -0.39 is 21.8 Å². The van der Waals surface area contributed by atoms with E-state index in [1.54, 1.807) is 25.1 Å². The van der Waals surface area contributed by atoms with Crippen molar-refractivity contribution in [2.45, 2.75) is 51.5 Å². The van der Waals surface area contributed by atoms with Gasteiger partial charge in [-0.05, 0) is 74.9 Å². The number of carbonyl (C=O) groups is 2. The van der Waals surface area contributed by atoms with Crippen LogP contribution in [0.2, 0.25) is 0 Å². The Morgan fingerprint density at radius 1 is 1.03 bits per heavy atom. The summed E-state index contributed by atoms with van der Waals surface area (Å²) in [6.07, 6.45) is 1.34. The van der Waals surface area contributed by atoms with Gasteiger partial charge in [0.25, 0.3) is 0 Å². The third kappa shape index (κ3) is 4.97. The Labute approximate surface area is 183 Å². The molecule has 1 heterocycles. The Bertz CT molecular complexity index is 1110. The van der Waals surface area contributed by atoms with Crippen LogP contribution in [0.1, 0.15) is 35.1 Å². The number of amides is 2. The number of sulfonamides is 1. The number of hydrogen-bond donors (Lipinski definition) is 2. The number of aryl methyl sites for hydroxylation is 3. The highest BCUT2D eigenvalue weighted by atomic mass is 32.2. The predicted molar refractivity (Wildman–Crippen MR) is 120 cm³/mol. The van der Waals surface area contributed by atoms with Gasteiger partial charge in [-0.2, -0.15) is 4.31 Å². The average Bonchev–Trinajstić information content (AvgIpc) is 3.21. The molecule has 2 aromatic rings. The molecule has 2 aromatic carbocycles. The van der Waals surface area contributed by atoms with Gasteiger partial charge < -0.3 is 10.6 Å². The number of anilines is 1. The number of carbonyl (C=O) groups excluding carboxylic acids is 2. The fraction of sp³-hybridized carbons (Fsp3) is 0.391. The van der Waals surface area contributed by atoms with Crippen molar-refractivity contribution in [3.8, 4) is 0 Å². The van der Waals surface area contributed by atoms with Crippen molar-refractivity contribution in [3.63, 3.8) is 0 Å². The lowest BCUT2D eigenvalue weighted by Gasteiger charge is -2.25. The first-order valence-electron chi connectivity index (χ1n) is 10.4. The molecule has 0 aromatic heterocycles. The van der Waals surface area contributed by atoms with Crippen molar-refractivity contribution in [1.82, 2.24) is 9.62 Å². The summed E-state index contributed by atoms with van der Waals surface area (Å²) in [5, 5.41) is 5.23. The summed E-state index contributed by atoms with van der Waals surface area (Å²) in [6.45, 7) is 7.91. The first-order valence-corrected chi connectivity index (χ1v) is 11.8. The molecule has 7 nitrogen and oxygen atoms in total. The summed E-state index contributed by atoms with van der Waals surface area (Å²) in [7, 11) is -3.69. The van der Waals surface area contributed by atoms with Gasteiger partial charge in [-0.3, -0.25) is 9.59 Å². The zero-order valence-corrected chi connectivity index (χ0v) is 19.2. The minimum atomic E-state index is -3.69. The van der Waals surface area contributed by atoms with Crippen molar-refractivity contribution in [1.29, 1.82) is 0 Å². The SMILES string of the molecule is Cc1ccc(C)c(S(=O)(=O)N2CCC[C@@H]2CNC(=O)C(=O)Nc2cccc(C)c2C)c1. The van der Waals surface area contributed by atoms with Crippen molar-refractivity contribution >= 4 is 27.5 Å². The molecule has 0 bridgehead atoms. The highest BCUT2D eigenvalue weighted by molar-refractivity contribution is 7.89. The highest BCUT2D eigenvalue weighted by Crippen LogP contribution is 2.28. The van der Waals surface area contributed by atoms with E-state index in [4.69, 9.17) is 0 Å². The molecule has 1 aliphatic heterocycles. The van der Waals surface area contributed by atoms with E-state index >= 15 is 0 Å². The van der Waals surface area contributed by atoms with Crippen LogP contribution in [0.25, 0.3) is 0 Å². The van der Waals surface area contributed by atoms with Crippen LogP contribution in [-0.2, 0) is 19.6 Å². The lowest BCUT2D eigenvalue weighted by Crippen LogP contribution is -2.45. The summed E-state index contributed by atoms with van der Waals surface area (Å²) in [6, 6.07) is 10.4. The Morgan fingerprint density at radius 2 is 1.77 bits per heavy atom. The molecule has 0 aliphatic carbocycles. The Morgan fingerprint density at radius 3 is 2.52 bits per heavy atom. The van der Waals surface area contributed by atoms with E-state index in [1.807, 2.05) is 39.0 Å². The first kappa shape index (κ1) is 23.0. The monoisotopic (exact) mass is 443 g/mol. The van der Waals surface area contributed by atoms with Gasteiger partial charge in [0.1, 0.15) is 0 Å². The van der Waals surface area contributed by atoms with Gasteiger partial charge in [0, 0.05) is 24.8 Å². The number of hydrogen-bond acceptors (Lipinski definition) is 4. The van der Waals surface area contributed by atoms with E-state index in [1.165, 1.54) is 4.31 Å². The molecule has 1 atom stereocenters. The molecule has 2 N–H and O–H groups in total. The minimum Gasteiger partial charge on any atom is -0.346 e. The van der Waals surface area contributed by atoms with Crippen LogP contribution < -0.4 is 10.6 Å². The summed E-state index contributed by atoms with van der Waals surface area (Å²) < 4.78 is 27.9. The molecule has 0 spiro atoms. The van der Waals surface area contributed by atoms with Crippen LogP contribution in [-0.4, -0.2) is 43.7 Å². The van der Waals surface area contributed by atoms with Gasteiger partial charge in [-0.25, -0.2) is 8.42 Å². The second-order valence-electron chi connectivity index (χ2n) is 8.09. The maximum atomic E-state index is 13.2. The Hall–Kier alpha value is -2.71. The number of benzene rings is 2. The zero-order valence-electron chi connectivity index (χ0n) is 18.4. The molecule has 1 saturated heterocycles. The summed E-state index contributed by atoms with van der Waals surface area (Å²) in [5.41, 5.74) is 4.05. The quantitative estimate of drug-likeness (QED) is 0.695. The number of rotatable bonds is 5. The summed E-state index contributed by atoms with van der Waals surface area (Å²) in [5.74, 6) is -1.55. The van der Waals surface area contributed by atoms with Crippen LogP contribution >= 0.6 is 0 Å². The summed E-state index contributed by atoms with van der Waals surface area (Å²) in [4.78, 5) is 24.9. The van der Waals surface area contributed by atoms with Crippen molar-refractivity contribution < 1.29 is 18.0 Å². The highest BCUT2D eigenvalue weighted by Gasteiger charge is 2.36. The van der Waals surface area contributed by atoms with E-state index in [9.17, 15) is 18.0 Å². The van der Waals surface area contributed by atoms with Crippen LogP contribution in [0.15, 0.2) is 41.3 Å². The number of nitrogens with zero attached hydrogens (tertiary/aromatic N) is 1. The van der Waals surface area contributed by atoms with E-state index in [0.29, 0.717) is 35.5 Å². The normalized spacial score (nSPS) is 16.8. The predicted octanol–water partition coefficient (Wildman–Crippen LogP) is 2.83. The maximum Gasteiger partial charge on any atom is 0.313 e. The van der Waals surface area contributed by atoms with Crippen molar-refractivity contribution in [2.75, 3.05) is 18.4 Å². The van der Waals surface area contributed by atoms with E-state index in [2.05, 4.69) is 10.6 Å². The largest absolute Gasteiger partial charge is 0.346 e. The fourth-order valence-electron chi connectivity index (χ4n) is 3.80. The van der Waals surface area contributed by atoms with Crippen molar-refractivity contribution in [2.24, 2.45) is 0 Å². The topological polar surface area (TPSA) is 95.6 Å². The van der Waals surface area contributed by atoms with Gasteiger partial charge in [-0.1, -0.05) is 24.3 Å². The fourth-order valence-corrected chi connectivity index (χ4v) is 5.80. The van der Waals surface area contributed by atoms with Crippen LogP contribution in [0.5, 0.6) is 0 Å². The average molecular weight is 444 g/mol. The zero-order chi connectivity index (χ0) is 22.8. The van der Waals surface area contributed by atoms with Crippen LogP contribution in [0.4, 0.5) is 5.69 Å². The molecule has 1 fully saturated rings. The van der Waals surface area contributed by atoms with Gasteiger partial charge in [-0.15, -0.1) is 0 Å². The molecule has 2 amide bonds. The molecule has 8 heteroatoms. The number of nitrogens with one attached hydrogen (secondary N) is 2. The second-order valence-corrected chi connectivity index (χ2v) is 9.95. The lowest BCUT2D eigenvalue weighted by molar-refractivity contribution is -0.136. The molecule has 166 valence electrons. The third-order valence-corrected chi connectivity index (χ3v) is 7.90. The molecule has 0 radical (unpaired) electrons. The van der Waals surface area contributed by atoms with E-state index in [0.717, 1.165) is 16.7 Å². The molecular weight excluding hydrogens is 414 g/mol. The first-order chi connectivity index (χ1) is 14.6. The lowest BCUT2D eigenvalue weighted by atomic mass is 10.1. The third-order valence-electron chi connectivity index (χ3n) is 5.81. The van der Waals surface area contributed by atoms with Crippen LogP contribution in [0, 0.1) is 27.7 Å². The Kier molecular flexibility index (Phi) is 6.81. The van der Waals surface area contributed by atoms with E-state index in [-0.39, 0.29) is 12.6 Å². The maximum absolute atomic E-state index is 13.2. The van der Waals surface area contributed by atoms with Crippen molar-refractivity contribution in [3.05, 3.63) is 58.7 Å². The van der Waals surface area contributed by atoms with Gasteiger partial charge in [0.15, 0.2) is 0 Å². The Balaban J connectivity index is 1.67.